The van der Waals surface area contributed by atoms with Crippen molar-refractivity contribution in [2.24, 2.45) is 0 Å². The summed E-state index contributed by atoms with van der Waals surface area (Å²) in [5, 5.41) is 7.66. The van der Waals surface area contributed by atoms with E-state index in [1.807, 2.05) is 84.4 Å². The Balaban J connectivity index is 1.26. The first kappa shape index (κ1) is 22.3. The molecule has 0 aliphatic carbocycles. The molecule has 5 rings (SSSR count). The average molecular weight is 468 g/mol. The summed E-state index contributed by atoms with van der Waals surface area (Å²) in [6.07, 6.45) is 5.27. The van der Waals surface area contributed by atoms with E-state index < -0.39 is 23.4 Å². The van der Waals surface area contributed by atoms with E-state index in [4.69, 9.17) is 0 Å². The van der Waals surface area contributed by atoms with Gasteiger partial charge in [-0.25, -0.2) is 9.78 Å². The molecule has 1 aliphatic heterocycles. The number of urea groups is 1. The molecule has 0 bridgehead atoms. The number of fused-ring (bicyclic) bond motifs is 1. The van der Waals surface area contributed by atoms with E-state index in [-0.39, 0.29) is 12.6 Å². The Bertz CT molecular complexity index is 1410. The largest absolute Gasteiger partial charge is 0.348 e. The summed E-state index contributed by atoms with van der Waals surface area (Å²) < 4.78 is 1.89. The number of amides is 4. The lowest BCUT2D eigenvalue weighted by molar-refractivity contribution is -0.135. The Morgan fingerprint density at radius 3 is 2.51 bits per heavy atom. The fourth-order valence-corrected chi connectivity index (χ4v) is 4.40. The van der Waals surface area contributed by atoms with Crippen molar-refractivity contribution in [3.05, 3.63) is 96.6 Å². The monoisotopic (exact) mass is 467 g/mol. The van der Waals surface area contributed by atoms with Gasteiger partial charge in [0.1, 0.15) is 12.1 Å². The molecule has 0 spiro atoms. The normalized spacial score (nSPS) is 18.5. The van der Waals surface area contributed by atoms with Crippen LogP contribution in [0.4, 0.5) is 4.79 Å². The van der Waals surface area contributed by atoms with Crippen LogP contribution < -0.4 is 10.6 Å². The van der Waals surface area contributed by atoms with Crippen LogP contribution in [-0.2, 0) is 15.1 Å². The molecule has 1 saturated heterocycles. The molecular formula is C27H25N5O3. The highest BCUT2D eigenvalue weighted by molar-refractivity contribution is 6.09. The lowest BCUT2D eigenvalue weighted by Crippen LogP contribution is -2.43. The van der Waals surface area contributed by atoms with E-state index in [0.29, 0.717) is 5.56 Å². The number of nitrogens with one attached hydrogen (secondary N) is 2. The molecule has 0 saturated carbocycles. The van der Waals surface area contributed by atoms with Gasteiger partial charge in [-0.15, -0.1) is 0 Å². The van der Waals surface area contributed by atoms with Crippen LogP contribution in [0.3, 0.4) is 0 Å². The lowest BCUT2D eigenvalue weighted by atomic mass is 9.90. The summed E-state index contributed by atoms with van der Waals surface area (Å²) in [6.45, 7) is 3.17. The quantitative estimate of drug-likeness (QED) is 0.423. The van der Waals surface area contributed by atoms with Crippen molar-refractivity contribution >= 4 is 28.6 Å². The minimum atomic E-state index is -1.24. The standard InChI is InChI=1S/C27H25N5O3/c1-18(19-8-11-23(12-9-19)31-14-13-28-17-31)29-24(33)16-32-25(34)27(2,30-26(32)35)22-10-7-20-5-3-4-6-21(20)15-22/h3-15,17-18H,16H2,1-2H3,(H,29,33)(H,30,35). The first-order chi connectivity index (χ1) is 16.8. The fraction of sp³-hybridized carbons (Fsp3) is 0.185. The summed E-state index contributed by atoms with van der Waals surface area (Å²) in [5.41, 5.74) is 1.29. The predicted molar refractivity (Wildman–Crippen MR) is 132 cm³/mol. The molecule has 4 amide bonds. The van der Waals surface area contributed by atoms with Crippen LogP contribution in [0.15, 0.2) is 85.5 Å². The molecule has 2 atom stereocenters. The molecule has 3 aromatic carbocycles. The first-order valence-corrected chi connectivity index (χ1v) is 11.4. The van der Waals surface area contributed by atoms with Crippen LogP contribution in [0, 0.1) is 0 Å². The van der Waals surface area contributed by atoms with Crippen molar-refractivity contribution in [2.45, 2.75) is 25.4 Å². The van der Waals surface area contributed by atoms with Crippen molar-refractivity contribution in [2.75, 3.05) is 6.54 Å². The third kappa shape index (κ3) is 4.14. The van der Waals surface area contributed by atoms with Crippen LogP contribution in [0.1, 0.15) is 31.0 Å². The SMILES string of the molecule is CC(NC(=O)CN1C(=O)NC(C)(c2ccc3ccccc3c2)C1=O)c1ccc(-n2ccnc2)cc1. The van der Waals surface area contributed by atoms with Gasteiger partial charge in [-0.3, -0.25) is 14.5 Å². The first-order valence-electron chi connectivity index (χ1n) is 11.4. The Morgan fingerprint density at radius 1 is 1.06 bits per heavy atom. The molecular weight excluding hydrogens is 442 g/mol. The Kier molecular flexibility index (Phi) is 5.56. The van der Waals surface area contributed by atoms with E-state index in [1.54, 1.807) is 19.4 Å². The predicted octanol–water partition coefficient (Wildman–Crippen LogP) is 3.67. The Hall–Kier alpha value is -4.46. The molecule has 8 heteroatoms. The second kappa shape index (κ2) is 8.72. The Labute approximate surface area is 202 Å². The Morgan fingerprint density at radius 2 is 1.80 bits per heavy atom. The number of hydrogen-bond donors (Lipinski definition) is 2. The van der Waals surface area contributed by atoms with E-state index in [9.17, 15) is 14.4 Å². The van der Waals surface area contributed by atoms with Gasteiger partial charge in [0.2, 0.25) is 5.91 Å². The number of imidazole rings is 1. The molecule has 8 nitrogen and oxygen atoms in total. The summed E-state index contributed by atoms with van der Waals surface area (Å²) in [5.74, 6) is -0.868. The number of hydrogen-bond acceptors (Lipinski definition) is 4. The molecule has 1 aliphatic rings. The molecule has 2 N–H and O–H groups in total. The van der Waals surface area contributed by atoms with Gasteiger partial charge in [0.05, 0.1) is 12.4 Å². The molecule has 0 radical (unpaired) electrons. The number of aromatic nitrogens is 2. The summed E-state index contributed by atoms with van der Waals surface area (Å²) in [4.78, 5) is 43.7. The van der Waals surface area contributed by atoms with Gasteiger partial charge in [-0.05, 0) is 53.9 Å². The summed E-state index contributed by atoms with van der Waals surface area (Å²) in [6, 6.07) is 20.3. The lowest BCUT2D eigenvalue weighted by Gasteiger charge is -2.23. The fourth-order valence-electron chi connectivity index (χ4n) is 4.40. The highest BCUT2D eigenvalue weighted by atomic mass is 16.2. The van der Waals surface area contributed by atoms with Crippen LogP contribution in [-0.4, -0.2) is 38.8 Å². The van der Waals surface area contributed by atoms with E-state index in [1.165, 1.54) is 0 Å². The molecule has 2 unspecified atom stereocenters. The molecule has 176 valence electrons. The number of imide groups is 1. The van der Waals surface area contributed by atoms with E-state index >= 15 is 0 Å². The van der Waals surface area contributed by atoms with Crippen molar-refractivity contribution in [3.8, 4) is 5.69 Å². The maximum Gasteiger partial charge on any atom is 0.325 e. The molecule has 2 heterocycles. The topological polar surface area (TPSA) is 96.3 Å². The zero-order valence-electron chi connectivity index (χ0n) is 19.4. The van der Waals surface area contributed by atoms with E-state index in [2.05, 4.69) is 15.6 Å². The van der Waals surface area contributed by atoms with Gasteiger partial charge in [-0.1, -0.05) is 48.5 Å². The minimum Gasteiger partial charge on any atom is -0.348 e. The van der Waals surface area contributed by atoms with Gasteiger partial charge < -0.3 is 15.2 Å². The average Bonchev–Trinajstić information content (AvgIpc) is 3.48. The van der Waals surface area contributed by atoms with Crippen LogP contribution in [0.25, 0.3) is 16.5 Å². The number of nitrogens with zero attached hydrogens (tertiary/aromatic N) is 3. The van der Waals surface area contributed by atoms with Crippen LogP contribution >= 0.6 is 0 Å². The molecule has 4 aromatic rings. The highest BCUT2D eigenvalue weighted by Crippen LogP contribution is 2.31. The van der Waals surface area contributed by atoms with Gasteiger partial charge in [0, 0.05) is 18.1 Å². The second-order valence-electron chi connectivity index (χ2n) is 8.86. The number of carbonyl (C=O) groups is 3. The van der Waals surface area contributed by atoms with Crippen molar-refractivity contribution < 1.29 is 14.4 Å². The van der Waals surface area contributed by atoms with Gasteiger partial charge in [0.25, 0.3) is 5.91 Å². The maximum absolute atomic E-state index is 13.3. The van der Waals surface area contributed by atoms with E-state index in [0.717, 1.165) is 26.9 Å². The zero-order valence-corrected chi connectivity index (χ0v) is 19.4. The smallest absolute Gasteiger partial charge is 0.325 e. The number of benzene rings is 3. The van der Waals surface area contributed by atoms with Crippen LogP contribution in [0.2, 0.25) is 0 Å². The van der Waals surface area contributed by atoms with Gasteiger partial charge in [-0.2, -0.15) is 0 Å². The number of carbonyl (C=O) groups excluding carboxylic acids is 3. The van der Waals surface area contributed by atoms with Gasteiger partial charge >= 0.3 is 6.03 Å². The second-order valence-corrected chi connectivity index (χ2v) is 8.86. The molecule has 1 fully saturated rings. The zero-order chi connectivity index (χ0) is 24.6. The summed E-state index contributed by atoms with van der Waals surface area (Å²) in [7, 11) is 0. The third-order valence-electron chi connectivity index (χ3n) is 6.48. The molecule has 35 heavy (non-hydrogen) atoms. The maximum atomic E-state index is 13.3. The third-order valence-corrected chi connectivity index (χ3v) is 6.48. The molecule has 1 aromatic heterocycles. The van der Waals surface area contributed by atoms with Crippen molar-refractivity contribution in [1.29, 1.82) is 0 Å². The van der Waals surface area contributed by atoms with Crippen molar-refractivity contribution in [1.82, 2.24) is 25.1 Å². The summed E-state index contributed by atoms with van der Waals surface area (Å²) >= 11 is 0. The minimum absolute atomic E-state index is 0.299. The highest BCUT2D eigenvalue weighted by Gasteiger charge is 2.49. The van der Waals surface area contributed by atoms with Gasteiger partial charge in [0.15, 0.2) is 0 Å². The van der Waals surface area contributed by atoms with Crippen molar-refractivity contribution in [3.63, 3.8) is 0 Å². The van der Waals surface area contributed by atoms with Crippen LogP contribution in [0.5, 0.6) is 0 Å². The number of rotatable bonds is 6.